The summed E-state index contributed by atoms with van der Waals surface area (Å²) in [5.41, 5.74) is 0.566. The van der Waals surface area contributed by atoms with Crippen LogP contribution < -0.4 is 5.01 Å². The Balaban J connectivity index is 2.35. The molecule has 1 aliphatic rings. The van der Waals surface area contributed by atoms with E-state index in [1.165, 1.54) is 5.01 Å². The van der Waals surface area contributed by atoms with Crippen LogP contribution in [0.3, 0.4) is 0 Å². The van der Waals surface area contributed by atoms with E-state index in [1.807, 2.05) is 0 Å². The van der Waals surface area contributed by atoms with E-state index in [4.69, 9.17) is 11.6 Å². The van der Waals surface area contributed by atoms with Crippen LogP contribution in [0.15, 0.2) is 29.4 Å². The Bertz CT molecular complexity index is 456. The molecular formula is C10H7ClN2O2. The Kier molecular flexibility index (Phi) is 2.51. The minimum atomic E-state index is -0.343. The molecule has 0 radical (unpaired) electrons. The Morgan fingerprint density at radius 1 is 1.33 bits per heavy atom. The maximum absolute atomic E-state index is 11.5. The number of halogens is 1. The lowest BCUT2D eigenvalue weighted by Crippen LogP contribution is -2.32. The molecule has 1 amide bonds. The van der Waals surface area contributed by atoms with Gasteiger partial charge in [-0.25, -0.2) is 5.01 Å². The molecule has 0 N–H and O–H groups in total. The van der Waals surface area contributed by atoms with Crippen molar-refractivity contribution in [2.45, 2.75) is 6.42 Å². The molecule has 1 aromatic carbocycles. The number of hydrogen-bond acceptors (Lipinski definition) is 3. The number of amides is 1. The molecule has 0 aromatic heterocycles. The van der Waals surface area contributed by atoms with Gasteiger partial charge >= 0.3 is 0 Å². The maximum atomic E-state index is 11.5. The average molecular weight is 223 g/mol. The molecule has 2 rings (SSSR count). The molecule has 1 aromatic rings. The molecule has 76 valence electrons. The topological polar surface area (TPSA) is 49.7 Å². The third-order valence-corrected chi connectivity index (χ3v) is 2.17. The van der Waals surface area contributed by atoms with Crippen LogP contribution in [0.1, 0.15) is 6.42 Å². The lowest BCUT2D eigenvalue weighted by molar-refractivity contribution is -0.124. The molecule has 4 nitrogen and oxygen atoms in total. The quantitative estimate of drug-likeness (QED) is 0.678. The average Bonchev–Trinajstić information content (AvgIpc) is 2.17. The molecular weight excluding hydrogens is 216 g/mol. The van der Waals surface area contributed by atoms with Crippen LogP contribution in [0, 0.1) is 0 Å². The number of carbonyl (C=O) groups excluding carboxylic acids is 2. The molecule has 0 unspecified atom stereocenters. The molecule has 0 bridgehead atoms. The number of nitrogens with zero attached hydrogens (tertiary/aromatic N) is 2. The summed E-state index contributed by atoms with van der Waals surface area (Å²) in [5, 5.41) is 5.45. The predicted octanol–water partition coefficient (Wildman–Crippen LogP) is 1.63. The van der Waals surface area contributed by atoms with Gasteiger partial charge in [-0.3, -0.25) is 9.59 Å². The van der Waals surface area contributed by atoms with Crippen LogP contribution in [0.5, 0.6) is 0 Å². The number of rotatable bonds is 1. The van der Waals surface area contributed by atoms with E-state index in [-0.39, 0.29) is 18.1 Å². The Morgan fingerprint density at radius 2 is 2.13 bits per heavy atom. The second-order valence-electron chi connectivity index (χ2n) is 3.07. The number of Topliss-reactive ketones (excluding diaryl/α,β-unsaturated/α-hetero) is 1. The monoisotopic (exact) mass is 222 g/mol. The molecule has 0 saturated carbocycles. The van der Waals surface area contributed by atoms with Gasteiger partial charge in [-0.2, -0.15) is 5.10 Å². The minimum absolute atomic E-state index is 0.143. The molecule has 5 heteroatoms. The summed E-state index contributed by atoms with van der Waals surface area (Å²) in [7, 11) is 0. The summed E-state index contributed by atoms with van der Waals surface area (Å²) < 4.78 is 0. The van der Waals surface area contributed by atoms with E-state index < -0.39 is 0 Å². The van der Waals surface area contributed by atoms with E-state index >= 15 is 0 Å². The van der Waals surface area contributed by atoms with Gasteiger partial charge in [0.1, 0.15) is 0 Å². The summed E-state index contributed by atoms with van der Waals surface area (Å²) in [6.07, 6.45) is 0.998. The van der Waals surface area contributed by atoms with E-state index in [9.17, 15) is 9.59 Å². The first-order valence-corrected chi connectivity index (χ1v) is 4.70. The number of hydrogen-bond donors (Lipinski definition) is 0. The second-order valence-corrected chi connectivity index (χ2v) is 3.51. The minimum Gasteiger partial charge on any atom is -0.292 e. The van der Waals surface area contributed by atoms with Crippen LogP contribution in [0.2, 0.25) is 5.02 Å². The van der Waals surface area contributed by atoms with Crippen molar-refractivity contribution >= 4 is 35.2 Å². The Morgan fingerprint density at radius 3 is 2.80 bits per heavy atom. The number of carbonyl (C=O) groups is 2. The van der Waals surface area contributed by atoms with E-state index in [1.54, 1.807) is 24.3 Å². The van der Waals surface area contributed by atoms with Crippen LogP contribution in [-0.4, -0.2) is 17.9 Å². The van der Waals surface area contributed by atoms with Gasteiger partial charge in [0.2, 0.25) is 0 Å². The number of benzene rings is 1. The number of ketones is 1. The third-order valence-electron chi connectivity index (χ3n) is 1.93. The van der Waals surface area contributed by atoms with E-state index in [0.29, 0.717) is 10.7 Å². The number of hydrazone groups is 1. The molecule has 0 spiro atoms. The lowest BCUT2D eigenvalue weighted by atomic mass is 10.2. The summed E-state index contributed by atoms with van der Waals surface area (Å²) in [6.45, 7) is 0. The van der Waals surface area contributed by atoms with Crippen molar-refractivity contribution in [1.82, 2.24) is 0 Å². The molecule has 1 heterocycles. The van der Waals surface area contributed by atoms with Crippen LogP contribution in [0.4, 0.5) is 5.69 Å². The van der Waals surface area contributed by atoms with Crippen LogP contribution in [-0.2, 0) is 9.59 Å². The first kappa shape index (κ1) is 9.86. The SMILES string of the molecule is O=C1C=NN(c2cccc(Cl)c2)C(=O)C1. The highest BCUT2D eigenvalue weighted by Crippen LogP contribution is 2.21. The van der Waals surface area contributed by atoms with Gasteiger partial charge in [-0.15, -0.1) is 0 Å². The summed E-state index contributed by atoms with van der Waals surface area (Å²) in [4.78, 5) is 22.4. The molecule has 0 aliphatic carbocycles. The standard InChI is InChI=1S/C10H7ClN2O2/c11-7-2-1-3-8(4-7)13-10(15)5-9(14)6-12-13/h1-4,6H,5H2. The van der Waals surface area contributed by atoms with Crippen LogP contribution >= 0.6 is 11.6 Å². The summed E-state index contributed by atoms with van der Waals surface area (Å²) in [6, 6.07) is 6.74. The molecule has 1 aliphatic heterocycles. The summed E-state index contributed by atoms with van der Waals surface area (Å²) in [5.74, 6) is -0.622. The fourth-order valence-corrected chi connectivity index (χ4v) is 1.46. The van der Waals surface area contributed by atoms with Gasteiger partial charge in [0.05, 0.1) is 18.3 Å². The van der Waals surface area contributed by atoms with Gasteiger partial charge < -0.3 is 0 Å². The van der Waals surface area contributed by atoms with Crippen LogP contribution in [0.25, 0.3) is 0 Å². The van der Waals surface area contributed by atoms with Crippen molar-refractivity contribution in [3.05, 3.63) is 29.3 Å². The predicted molar refractivity (Wildman–Crippen MR) is 57.1 cm³/mol. The van der Waals surface area contributed by atoms with Gasteiger partial charge in [-0.1, -0.05) is 17.7 Å². The van der Waals surface area contributed by atoms with Crippen molar-refractivity contribution in [2.24, 2.45) is 5.10 Å². The molecule has 0 fully saturated rings. The normalized spacial score (nSPS) is 15.9. The fourth-order valence-electron chi connectivity index (χ4n) is 1.27. The van der Waals surface area contributed by atoms with Gasteiger partial charge in [0.25, 0.3) is 5.91 Å². The van der Waals surface area contributed by atoms with Crippen molar-refractivity contribution < 1.29 is 9.59 Å². The zero-order chi connectivity index (χ0) is 10.8. The largest absolute Gasteiger partial charge is 0.292 e. The number of anilines is 1. The summed E-state index contributed by atoms with van der Waals surface area (Å²) >= 11 is 5.78. The first-order valence-electron chi connectivity index (χ1n) is 4.32. The van der Waals surface area contributed by atoms with Crippen molar-refractivity contribution in [3.63, 3.8) is 0 Å². The van der Waals surface area contributed by atoms with E-state index in [0.717, 1.165) is 6.21 Å². The van der Waals surface area contributed by atoms with Crippen molar-refractivity contribution in [2.75, 3.05) is 5.01 Å². The zero-order valence-corrected chi connectivity index (χ0v) is 8.44. The van der Waals surface area contributed by atoms with Crippen molar-refractivity contribution in [3.8, 4) is 0 Å². The smallest absolute Gasteiger partial charge is 0.255 e. The highest BCUT2D eigenvalue weighted by molar-refractivity contribution is 6.35. The highest BCUT2D eigenvalue weighted by atomic mass is 35.5. The van der Waals surface area contributed by atoms with Gasteiger partial charge in [0, 0.05) is 5.02 Å². The molecule has 0 saturated heterocycles. The van der Waals surface area contributed by atoms with Gasteiger partial charge in [0.15, 0.2) is 5.78 Å². The van der Waals surface area contributed by atoms with Crippen molar-refractivity contribution in [1.29, 1.82) is 0 Å². The maximum Gasteiger partial charge on any atom is 0.255 e. The zero-order valence-electron chi connectivity index (χ0n) is 7.68. The Hall–Kier alpha value is -1.68. The lowest BCUT2D eigenvalue weighted by Gasteiger charge is -2.19. The first-order chi connectivity index (χ1) is 7.16. The Labute approximate surface area is 91.1 Å². The molecule has 15 heavy (non-hydrogen) atoms. The fraction of sp³-hybridized carbons (Fsp3) is 0.100. The third kappa shape index (κ3) is 2.05. The van der Waals surface area contributed by atoms with Gasteiger partial charge in [-0.05, 0) is 18.2 Å². The highest BCUT2D eigenvalue weighted by Gasteiger charge is 2.21. The molecule has 0 atom stereocenters. The second kappa shape index (κ2) is 3.82. The van der Waals surface area contributed by atoms with E-state index in [2.05, 4.69) is 5.10 Å².